The Morgan fingerprint density at radius 2 is 1.72 bits per heavy atom. The number of ether oxygens (including phenoxy) is 1. The van der Waals surface area contributed by atoms with Gasteiger partial charge in [0.2, 0.25) is 0 Å². The Kier molecular flexibility index (Phi) is 9.77. The van der Waals surface area contributed by atoms with Crippen molar-refractivity contribution in [3.63, 3.8) is 0 Å². The molecule has 0 atom stereocenters. The zero-order chi connectivity index (χ0) is 14.0. The highest BCUT2D eigenvalue weighted by molar-refractivity contribution is 8.76. The van der Waals surface area contributed by atoms with Crippen molar-refractivity contribution in [2.75, 3.05) is 24.6 Å². The minimum Gasteiger partial charge on any atom is -0.447 e. The number of alkyl carbamates (subject to hydrolysis) is 1. The molecule has 0 fully saturated rings. The monoisotopic (exact) mass is 294 g/mol. The van der Waals surface area contributed by atoms with Gasteiger partial charge in [-0.3, -0.25) is 0 Å². The molecule has 0 aliphatic carbocycles. The van der Waals surface area contributed by atoms with E-state index in [4.69, 9.17) is 4.74 Å². The van der Waals surface area contributed by atoms with Gasteiger partial charge in [0.1, 0.15) is 0 Å². The zero-order valence-electron chi connectivity index (χ0n) is 12.0. The minimum absolute atomic E-state index is 0.0597. The Labute approximate surface area is 119 Å². The van der Waals surface area contributed by atoms with Crippen LogP contribution in [0.15, 0.2) is 0 Å². The molecule has 0 heterocycles. The summed E-state index contributed by atoms with van der Waals surface area (Å²) in [6.45, 7) is 11.8. The maximum Gasteiger partial charge on any atom is 0.407 e. The van der Waals surface area contributed by atoms with Crippen LogP contribution in [0.25, 0.3) is 0 Å². The first-order valence-electron chi connectivity index (χ1n) is 6.25. The molecule has 0 saturated carbocycles. The van der Waals surface area contributed by atoms with Crippen molar-refractivity contribution in [1.29, 1.82) is 0 Å². The molecule has 0 aromatic rings. The van der Waals surface area contributed by atoms with Crippen LogP contribution in [-0.2, 0) is 4.74 Å². The molecule has 6 heteroatoms. The summed E-state index contributed by atoms with van der Waals surface area (Å²) in [6.07, 6.45) is -0.388. The van der Waals surface area contributed by atoms with Gasteiger partial charge in [-0.15, -0.1) is 0 Å². The fourth-order valence-electron chi connectivity index (χ4n) is 1.04. The average Bonchev–Trinajstić information content (AvgIpc) is 2.19. The predicted octanol–water partition coefficient (Wildman–Crippen LogP) is 2.89. The number of carbonyl (C=O) groups excluding carboxylic acids is 1. The van der Waals surface area contributed by atoms with Crippen LogP contribution in [0.1, 0.15) is 34.6 Å². The maximum absolute atomic E-state index is 11.1. The van der Waals surface area contributed by atoms with E-state index in [1.807, 2.05) is 24.6 Å². The maximum atomic E-state index is 11.1. The van der Waals surface area contributed by atoms with E-state index in [-0.39, 0.29) is 17.7 Å². The number of carbonyl (C=O) groups is 1. The second kappa shape index (κ2) is 9.81. The van der Waals surface area contributed by atoms with Crippen molar-refractivity contribution in [1.82, 2.24) is 10.6 Å². The van der Waals surface area contributed by atoms with E-state index in [0.29, 0.717) is 6.54 Å². The van der Waals surface area contributed by atoms with Crippen LogP contribution in [0.5, 0.6) is 0 Å². The van der Waals surface area contributed by atoms with Crippen molar-refractivity contribution in [2.24, 2.45) is 0 Å². The van der Waals surface area contributed by atoms with Crippen LogP contribution in [0.2, 0.25) is 0 Å². The van der Waals surface area contributed by atoms with Gasteiger partial charge in [0.05, 0.1) is 6.10 Å². The first kappa shape index (κ1) is 17.9. The zero-order valence-corrected chi connectivity index (χ0v) is 13.7. The van der Waals surface area contributed by atoms with Crippen molar-refractivity contribution >= 4 is 27.7 Å². The fourth-order valence-corrected chi connectivity index (χ4v) is 2.85. The van der Waals surface area contributed by atoms with E-state index in [1.54, 1.807) is 10.8 Å². The number of nitrogens with one attached hydrogen (secondary N) is 2. The first-order valence-corrected chi connectivity index (χ1v) is 8.74. The van der Waals surface area contributed by atoms with E-state index in [2.05, 4.69) is 31.4 Å². The van der Waals surface area contributed by atoms with Gasteiger partial charge in [0, 0.05) is 30.1 Å². The van der Waals surface area contributed by atoms with Crippen LogP contribution in [-0.4, -0.2) is 42.3 Å². The fraction of sp³-hybridized carbons (Fsp3) is 0.917. The first-order chi connectivity index (χ1) is 8.31. The summed E-state index contributed by atoms with van der Waals surface area (Å²) in [5.74, 6) is 1.96. The van der Waals surface area contributed by atoms with Crippen molar-refractivity contribution < 1.29 is 9.53 Å². The van der Waals surface area contributed by atoms with Gasteiger partial charge in [-0.1, -0.05) is 21.6 Å². The summed E-state index contributed by atoms with van der Waals surface area (Å²) in [7, 11) is 3.59. The molecule has 0 aromatic carbocycles. The van der Waals surface area contributed by atoms with Gasteiger partial charge in [-0.05, 0) is 34.6 Å². The SMILES string of the molecule is CC(C)OC(=O)NCCSSCCNC(C)(C)C. The number of amides is 1. The van der Waals surface area contributed by atoms with Gasteiger partial charge >= 0.3 is 6.09 Å². The third kappa shape index (κ3) is 14.0. The quantitative estimate of drug-likeness (QED) is 0.532. The molecule has 2 N–H and O–H groups in total. The van der Waals surface area contributed by atoms with Gasteiger partial charge in [-0.25, -0.2) is 4.79 Å². The highest BCUT2D eigenvalue weighted by Crippen LogP contribution is 2.19. The van der Waals surface area contributed by atoms with E-state index in [0.717, 1.165) is 18.1 Å². The summed E-state index contributed by atoms with van der Waals surface area (Å²) in [6, 6.07) is 0. The summed E-state index contributed by atoms with van der Waals surface area (Å²) in [4.78, 5) is 11.1. The lowest BCUT2D eigenvalue weighted by molar-refractivity contribution is 0.116. The molecule has 0 unspecified atom stereocenters. The van der Waals surface area contributed by atoms with Crippen LogP contribution < -0.4 is 10.6 Å². The second-order valence-electron chi connectivity index (χ2n) is 5.20. The van der Waals surface area contributed by atoms with Crippen molar-refractivity contribution in [3.8, 4) is 0 Å². The van der Waals surface area contributed by atoms with Gasteiger partial charge < -0.3 is 15.4 Å². The lowest BCUT2D eigenvalue weighted by Crippen LogP contribution is -2.37. The standard InChI is InChI=1S/C12H26N2O2S2/c1-10(2)16-11(15)13-6-8-17-18-9-7-14-12(3,4)5/h10,14H,6-9H2,1-5H3,(H,13,15). The summed E-state index contributed by atoms with van der Waals surface area (Å²) in [5.41, 5.74) is 0.188. The molecule has 108 valence electrons. The molecule has 0 aromatic heterocycles. The Bertz CT molecular complexity index is 231. The molecule has 0 spiro atoms. The number of hydrogen-bond donors (Lipinski definition) is 2. The average molecular weight is 294 g/mol. The molecule has 18 heavy (non-hydrogen) atoms. The molecule has 0 rings (SSSR count). The smallest absolute Gasteiger partial charge is 0.407 e. The Morgan fingerprint density at radius 3 is 2.22 bits per heavy atom. The molecule has 1 amide bonds. The van der Waals surface area contributed by atoms with E-state index in [1.165, 1.54) is 0 Å². The predicted molar refractivity (Wildman–Crippen MR) is 82.3 cm³/mol. The van der Waals surface area contributed by atoms with E-state index in [9.17, 15) is 4.79 Å². The summed E-state index contributed by atoms with van der Waals surface area (Å²) in [5, 5.41) is 6.15. The molecular formula is C12H26N2O2S2. The molecule has 0 bridgehead atoms. The topological polar surface area (TPSA) is 50.4 Å². The third-order valence-corrected chi connectivity index (χ3v) is 4.13. The largest absolute Gasteiger partial charge is 0.447 e. The molecule has 0 aliphatic rings. The molecule has 0 saturated heterocycles. The molecule has 4 nitrogen and oxygen atoms in total. The van der Waals surface area contributed by atoms with Crippen molar-refractivity contribution in [2.45, 2.75) is 46.3 Å². The highest BCUT2D eigenvalue weighted by Gasteiger charge is 2.07. The van der Waals surface area contributed by atoms with E-state index >= 15 is 0 Å². The lowest BCUT2D eigenvalue weighted by Gasteiger charge is -2.20. The Morgan fingerprint density at radius 1 is 1.17 bits per heavy atom. The van der Waals surface area contributed by atoms with Crippen molar-refractivity contribution in [3.05, 3.63) is 0 Å². The Balaban J connectivity index is 3.24. The van der Waals surface area contributed by atoms with Crippen LogP contribution >= 0.6 is 21.6 Å². The lowest BCUT2D eigenvalue weighted by atomic mass is 10.1. The van der Waals surface area contributed by atoms with Gasteiger partial charge in [0.15, 0.2) is 0 Å². The van der Waals surface area contributed by atoms with Crippen LogP contribution in [0.3, 0.4) is 0 Å². The van der Waals surface area contributed by atoms with E-state index < -0.39 is 0 Å². The Hall–Kier alpha value is -0.0700. The van der Waals surface area contributed by atoms with Gasteiger partial charge in [0.25, 0.3) is 0 Å². The number of hydrogen-bond acceptors (Lipinski definition) is 5. The summed E-state index contributed by atoms with van der Waals surface area (Å²) < 4.78 is 4.96. The second-order valence-corrected chi connectivity index (χ2v) is 7.90. The summed E-state index contributed by atoms with van der Waals surface area (Å²) >= 11 is 0. The highest BCUT2D eigenvalue weighted by atomic mass is 33.1. The van der Waals surface area contributed by atoms with Crippen LogP contribution in [0, 0.1) is 0 Å². The number of rotatable bonds is 8. The molecule has 0 radical (unpaired) electrons. The normalized spacial score (nSPS) is 11.7. The molecular weight excluding hydrogens is 268 g/mol. The van der Waals surface area contributed by atoms with Crippen LogP contribution in [0.4, 0.5) is 4.79 Å². The minimum atomic E-state index is -0.329. The molecule has 0 aliphatic heterocycles. The van der Waals surface area contributed by atoms with Gasteiger partial charge in [-0.2, -0.15) is 0 Å². The third-order valence-electron chi connectivity index (χ3n) is 1.72.